The van der Waals surface area contributed by atoms with Crippen molar-refractivity contribution in [1.82, 2.24) is 14.7 Å². The number of rotatable bonds is 10. The van der Waals surface area contributed by atoms with Crippen LogP contribution in [-0.4, -0.2) is 41.0 Å². The molecule has 0 amide bonds. The molecule has 2 aromatic heterocycles. The van der Waals surface area contributed by atoms with Crippen LogP contribution >= 0.6 is 0 Å². The first kappa shape index (κ1) is 29.1. The highest BCUT2D eigenvalue weighted by atomic mass is 32.2. The number of nitrogens with zero attached hydrogens (tertiary/aromatic N) is 3. The van der Waals surface area contributed by atoms with E-state index in [2.05, 4.69) is 5.16 Å². The van der Waals surface area contributed by atoms with Gasteiger partial charge in [-0.2, -0.15) is 8.42 Å². The Labute approximate surface area is 230 Å². The van der Waals surface area contributed by atoms with Crippen LogP contribution in [-0.2, 0) is 36.9 Å². The molecule has 0 fully saturated rings. The first-order chi connectivity index (χ1) is 18.8. The zero-order chi connectivity index (χ0) is 29.1. The van der Waals surface area contributed by atoms with Crippen molar-refractivity contribution in [2.75, 3.05) is 6.26 Å². The average molecular weight is 572 g/mol. The van der Waals surface area contributed by atoms with E-state index in [1.165, 1.54) is 28.8 Å². The van der Waals surface area contributed by atoms with Gasteiger partial charge in [-0.1, -0.05) is 11.2 Å². The second kappa shape index (κ2) is 11.7. The van der Waals surface area contributed by atoms with E-state index in [9.17, 15) is 22.4 Å². The highest BCUT2D eigenvalue weighted by molar-refractivity contribution is 7.85. The molecule has 212 valence electrons. The number of hydrogen-bond acceptors (Lipinski definition) is 9. The third kappa shape index (κ3) is 7.60. The molecule has 40 heavy (non-hydrogen) atoms. The van der Waals surface area contributed by atoms with Crippen molar-refractivity contribution in [3.63, 3.8) is 0 Å². The molecule has 0 aliphatic heterocycles. The van der Waals surface area contributed by atoms with Crippen molar-refractivity contribution in [1.29, 1.82) is 0 Å². The second-order valence-corrected chi connectivity index (χ2v) is 12.0. The molecule has 0 spiro atoms. The average Bonchev–Trinajstić information content (AvgIpc) is 3.34. The number of aromatic nitrogens is 3. The smallest absolute Gasteiger partial charge is 0.306 e. The zero-order valence-electron chi connectivity index (χ0n) is 22.6. The van der Waals surface area contributed by atoms with Crippen molar-refractivity contribution < 1.29 is 31.0 Å². The third-order valence-corrected chi connectivity index (χ3v) is 6.29. The summed E-state index contributed by atoms with van der Waals surface area (Å²) in [6, 6.07) is 12.1. The molecule has 12 heteroatoms. The number of esters is 1. The summed E-state index contributed by atoms with van der Waals surface area (Å²) in [5, 5.41) is 4.32. The summed E-state index contributed by atoms with van der Waals surface area (Å²) in [5.41, 5.74) is 1.01. The lowest BCUT2D eigenvalue weighted by Crippen LogP contribution is -2.24. The van der Waals surface area contributed by atoms with Gasteiger partial charge in [0.15, 0.2) is 5.76 Å². The van der Waals surface area contributed by atoms with E-state index in [0.29, 0.717) is 52.9 Å². The normalized spacial score (nSPS) is 12.1. The molecular formula is C28H30FN3O7S. The maximum atomic E-state index is 13.6. The van der Waals surface area contributed by atoms with Crippen LogP contribution in [0.1, 0.15) is 51.6 Å². The van der Waals surface area contributed by atoms with E-state index in [1.807, 2.05) is 20.8 Å². The summed E-state index contributed by atoms with van der Waals surface area (Å²) in [5.74, 6) is -0.0600. The molecule has 2 heterocycles. The number of carbonyl (C=O) groups excluding carboxylic acids is 1. The Morgan fingerprint density at radius 2 is 1.80 bits per heavy atom. The van der Waals surface area contributed by atoms with Crippen molar-refractivity contribution in [3.05, 3.63) is 76.3 Å². The van der Waals surface area contributed by atoms with Gasteiger partial charge in [-0.15, -0.1) is 0 Å². The van der Waals surface area contributed by atoms with Gasteiger partial charge in [0, 0.05) is 24.5 Å². The lowest BCUT2D eigenvalue weighted by Gasteiger charge is -2.19. The first-order valence-electron chi connectivity index (χ1n) is 12.6. The lowest BCUT2D eigenvalue weighted by atomic mass is 10.1. The molecule has 0 radical (unpaired) electrons. The van der Waals surface area contributed by atoms with Crippen molar-refractivity contribution in [2.24, 2.45) is 0 Å². The third-order valence-electron chi connectivity index (χ3n) is 5.74. The lowest BCUT2D eigenvalue weighted by molar-refractivity contribution is -0.154. The fourth-order valence-electron chi connectivity index (χ4n) is 4.04. The fraction of sp³-hybridized carbons (Fsp3) is 0.357. The summed E-state index contributed by atoms with van der Waals surface area (Å²) >= 11 is 0. The van der Waals surface area contributed by atoms with Crippen molar-refractivity contribution in [2.45, 2.75) is 58.7 Å². The molecule has 0 N–H and O–H groups in total. The van der Waals surface area contributed by atoms with Crippen LogP contribution in [0.4, 0.5) is 4.39 Å². The van der Waals surface area contributed by atoms with E-state index in [4.69, 9.17) is 18.4 Å². The molecule has 0 aliphatic rings. The van der Waals surface area contributed by atoms with Gasteiger partial charge in [0.2, 0.25) is 0 Å². The Bertz CT molecular complexity index is 1690. The quantitative estimate of drug-likeness (QED) is 0.151. The van der Waals surface area contributed by atoms with Gasteiger partial charge >= 0.3 is 5.97 Å². The minimum atomic E-state index is -3.65. The highest BCUT2D eigenvalue weighted by Crippen LogP contribution is 2.24. The zero-order valence-corrected chi connectivity index (χ0v) is 23.5. The molecule has 0 aliphatic carbocycles. The van der Waals surface area contributed by atoms with Crippen molar-refractivity contribution >= 4 is 27.0 Å². The number of aryl methyl sites for hydroxylation is 1. The van der Waals surface area contributed by atoms with E-state index < -0.39 is 21.5 Å². The van der Waals surface area contributed by atoms with Crippen LogP contribution in [0.2, 0.25) is 0 Å². The van der Waals surface area contributed by atoms with Gasteiger partial charge in [0.05, 0.1) is 22.8 Å². The number of benzene rings is 2. The minimum absolute atomic E-state index is 0.214. The predicted molar refractivity (Wildman–Crippen MR) is 146 cm³/mol. The maximum Gasteiger partial charge on any atom is 0.306 e. The standard InChI is InChI=1S/C28H30FN3O7S/c1-28(2,3)38-26(33)8-6-5-7-25-30-24-15-18(23-16-21(39-31-23)17-37-40(4,35)36)9-14-22(24)27(34)32(25)20-12-10-19(29)11-13-20/h9-16H,5-8,17H2,1-4H3. The monoisotopic (exact) mass is 571 g/mol. The molecule has 0 atom stereocenters. The maximum absolute atomic E-state index is 13.6. The summed E-state index contributed by atoms with van der Waals surface area (Å²) in [4.78, 5) is 30.5. The Kier molecular flexibility index (Phi) is 8.50. The molecular weight excluding hydrogens is 541 g/mol. The summed E-state index contributed by atoms with van der Waals surface area (Å²) in [6.07, 6.45) is 2.64. The molecule has 4 aromatic rings. The van der Waals surface area contributed by atoms with E-state index in [1.54, 1.807) is 24.3 Å². The van der Waals surface area contributed by atoms with Gasteiger partial charge in [0.25, 0.3) is 15.7 Å². The highest BCUT2D eigenvalue weighted by Gasteiger charge is 2.18. The summed E-state index contributed by atoms with van der Waals surface area (Å²) in [7, 11) is -3.65. The van der Waals surface area contributed by atoms with Crippen LogP contribution in [0.5, 0.6) is 0 Å². The van der Waals surface area contributed by atoms with E-state index in [-0.39, 0.29) is 30.3 Å². The fourth-order valence-corrected chi connectivity index (χ4v) is 4.37. The molecule has 0 saturated heterocycles. The molecule has 0 bridgehead atoms. The van der Waals surface area contributed by atoms with Crippen LogP contribution in [0.3, 0.4) is 0 Å². The number of carbonyl (C=O) groups is 1. The Hall–Kier alpha value is -3.90. The Balaban J connectivity index is 1.65. The SMILES string of the molecule is CC(C)(C)OC(=O)CCCCc1nc2cc(-c3cc(COS(C)(=O)=O)on3)ccc2c(=O)n1-c1ccc(F)cc1. The molecule has 0 saturated carbocycles. The first-order valence-corrected chi connectivity index (χ1v) is 14.4. The van der Waals surface area contributed by atoms with Gasteiger partial charge in [-0.25, -0.2) is 9.37 Å². The topological polar surface area (TPSA) is 131 Å². The molecule has 10 nitrogen and oxygen atoms in total. The van der Waals surface area contributed by atoms with E-state index in [0.717, 1.165) is 6.26 Å². The molecule has 4 rings (SSSR count). The number of hydrogen-bond donors (Lipinski definition) is 0. The van der Waals surface area contributed by atoms with Gasteiger partial charge in [-0.3, -0.25) is 18.3 Å². The Morgan fingerprint density at radius 3 is 2.48 bits per heavy atom. The number of ether oxygens (including phenoxy) is 1. The molecule has 2 aromatic carbocycles. The van der Waals surface area contributed by atoms with E-state index >= 15 is 0 Å². The molecule has 0 unspecified atom stereocenters. The van der Waals surface area contributed by atoms with Crippen LogP contribution in [0.15, 0.2) is 57.8 Å². The minimum Gasteiger partial charge on any atom is -0.460 e. The van der Waals surface area contributed by atoms with Crippen molar-refractivity contribution in [3.8, 4) is 16.9 Å². The summed E-state index contributed by atoms with van der Waals surface area (Å²) in [6.45, 7) is 5.13. The van der Waals surface area contributed by atoms with Crippen LogP contribution in [0.25, 0.3) is 27.8 Å². The second-order valence-electron chi connectivity index (χ2n) is 10.3. The summed E-state index contributed by atoms with van der Waals surface area (Å²) < 4.78 is 52.9. The van der Waals surface area contributed by atoms with Crippen LogP contribution in [0, 0.1) is 5.82 Å². The van der Waals surface area contributed by atoms with Crippen LogP contribution < -0.4 is 5.56 Å². The number of halogens is 1. The van der Waals surface area contributed by atoms with Gasteiger partial charge in [-0.05, 0) is 70.0 Å². The predicted octanol–water partition coefficient (Wildman–Crippen LogP) is 4.71. The Morgan fingerprint density at radius 1 is 1.07 bits per heavy atom. The largest absolute Gasteiger partial charge is 0.460 e. The van der Waals surface area contributed by atoms with Gasteiger partial charge < -0.3 is 9.26 Å². The van der Waals surface area contributed by atoms with Gasteiger partial charge in [0.1, 0.15) is 29.5 Å². The number of unbranched alkanes of at least 4 members (excludes halogenated alkanes) is 1. The number of fused-ring (bicyclic) bond motifs is 1.